The van der Waals surface area contributed by atoms with Crippen LogP contribution in [0, 0.1) is 6.92 Å². The number of pyridine rings is 1. The smallest absolute Gasteiger partial charge is 0.259 e. The van der Waals surface area contributed by atoms with Crippen molar-refractivity contribution in [2.45, 2.75) is 33.6 Å². The maximum absolute atomic E-state index is 12.4. The lowest BCUT2D eigenvalue weighted by molar-refractivity contribution is 0.0955. The van der Waals surface area contributed by atoms with Gasteiger partial charge in [0.2, 0.25) is 0 Å². The van der Waals surface area contributed by atoms with Gasteiger partial charge in [0.05, 0.1) is 16.6 Å². The van der Waals surface area contributed by atoms with Crippen molar-refractivity contribution in [3.8, 4) is 0 Å². The number of fused-ring (bicyclic) bond motifs is 1. The van der Waals surface area contributed by atoms with Gasteiger partial charge in [-0.05, 0) is 25.5 Å². The molecule has 7 heteroatoms. The van der Waals surface area contributed by atoms with Gasteiger partial charge in [-0.1, -0.05) is 25.9 Å². The van der Waals surface area contributed by atoms with Gasteiger partial charge in [-0.25, -0.2) is 4.98 Å². The van der Waals surface area contributed by atoms with Crippen molar-refractivity contribution in [3.05, 3.63) is 23.0 Å². The Morgan fingerprint density at radius 3 is 2.73 bits per heavy atom. The molecule has 22 heavy (non-hydrogen) atoms. The molecule has 2 aromatic heterocycles. The van der Waals surface area contributed by atoms with Crippen LogP contribution in [0.25, 0.3) is 11.1 Å². The van der Waals surface area contributed by atoms with E-state index in [-0.39, 0.29) is 24.2 Å². The van der Waals surface area contributed by atoms with Crippen LogP contribution in [-0.2, 0) is 0 Å². The zero-order chi connectivity index (χ0) is 15.4. The van der Waals surface area contributed by atoms with Gasteiger partial charge in [-0.15, -0.1) is 12.4 Å². The minimum absolute atomic E-state index is 0. The van der Waals surface area contributed by atoms with E-state index < -0.39 is 0 Å². The third-order valence-electron chi connectivity index (χ3n) is 3.23. The van der Waals surface area contributed by atoms with E-state index in [0.29, 0.717) is 17.8 Å². The molecule has 0 aliphatic heterocycles. The van der Waals surface area contributed by atoms with Crippen LogP contribution in [0.5, 0.6) is 0 Å². The molecule has 6 nitrogen and oxygen atoms in total. The van der Waals surface area contributed by atoms with Crippen molar-refractivity contribution in [3.63, 3.8) is 0 Å². The quantitative estimate of drug-likeness (QED) is 0.797. The minimum atomic E-state index is -0.117. The lowest BCUT2D eigenvalue weighted by Crippen LogP contribution is -2.32. The molecule has 0 saturated heterocycles. The number of carbonyl (C=O) groups is 1. The number of nitrogens with one attached hydrogen (secondary N) is 2. The fraction of sp³-hybridized carbons (Fsp3) is 0.533. The molecule has 0 aliphatic carbocycles. The van der Waals surface area contributed by atoms with Crippen molar-refractivity contribution in [2.24, 2.45) is 0 Å². The third kappa shape index (κ3) is 3.96. The summed E-state index contributed by atoms with van der Waals surface area (Å²) >= 11 is 0. The monoisotopic (exact) mass is 326 g/mol. The van der Waals surface area contributed by atoms with E-state index in [1.54, 1.807) is 6.07 Å². The summed E-state index contributed by atoms with van der Waals surface area (Å²) in [4.78, 5) is 16.7. The Morgan fingerprint density at radius 2 is 2.09 bits per heavy atom. The molecule has 0 saturated carbocycles. The number of rotatable bonds is 6. The van der Waals surface area contributed by atoms with Crippen molar-refractivity contribution in [1.82, 2.24) is 20.8 Å². The second kappa shape index (κ2) is 8.10. The van der Waals surface area contributed by atoms with E-state index in [2.05, 4.69) is 20.8 Å². The zero-order valence-electron chi connectivity index (χ0n) is 13.4. The van der Waals surface area contributed by atoms with Crippen LogP contribution in [0.3, 0.4) is 0 Å². The van der Waals surface area contributed by atoms with Crippen molar-refractivity contribution >= 4 is 29.4 Å². The number of aryl methyl sites for hydroxylation is 1. The molecule has 2 heterocycles. The molecule has 0 aromatic carbocycles. The van der Waals surface area contributed by atoms with Crippen LogP contribution >= 0.6 is 12.4 Å². The van der Waals surface area contributed by atoms with Crippen molar-refractivity contribution in [1.29, 1.82) is 0 Å². The Bertz CT molecular complexity index is 640. The molecule has 2 N–H and O–H groups in total. The topological polar surface area (TPSA) is 80.0 Å². The highest BCUT2D eigenvalue weighted by atomic mass is 35.5. The SMILES string of the molecule is CCNCCNC(=O)c1cc(C)nc2onc(C(C)C)c12.Cl. The van der Waals surface area contributed by atoms with Gasteiger partial charge in [0.15, 0.2) is 0 Å². The van der Waals surface area contributed by atoms with Crippen LogP contribution in [0.2, 0.25) is 0 Å². The Labute approximate surface area is 136 Å². The first-order valence-corrected chi connectivity index (χ1v) is 7.30. The summed E-state index contributed by atoms with van der Waals surface area (Å²) < 4.78 is 5.27. The van der Waals surface area contributed by atoms with Crippen LogP contribution in [0.1, 0.15) is 48.4 Å². The van der Waals surface area contributed by atoms with Crippen LogP contribution in [-0.4, -0.2) is 35.7 Å². The Hall–Kier alpha value is -1.66. The van der Waals surface area contributed by atoms with Crippen LogP contribution in [0.4, 0.5) is 0 Å². The van der Waals surface area contributed by atoms with E-state index in [0.717, 1.165) is 29.9 Å². The second-order valence-corrected chi connectivity index (χ2v) is 5.32. The average molecular weight is 327 g/mol. The fourth-order valence-corrected chi connectivity index (χ4v) is 2.21. The van der Waals surface area contributed by atoms with E-state index in [1.165, 1.54) is 0 Å². The molecular formula is C15H23ClN4O2. The lowest BCUT2D eigenvalue weighted by Gasteiger charge is -2.08. The first-order valence-electron chi connectivity index (χ1n) is 7.30. The molecule has 1 amide bonds. The number of hydrogen-bond donors (Lipinski definition) is 2. The van der Waals surface area contributed by atoms with E-state index in [4.69, 9.17) is 4.52 Å². The van der Waals surface area contributed by atoms with Gasteiger partial charge in [0.1, 0.15) is 0 Å². The summed E-state index contributed by atoms with van der Waals surface area (Å²) in [6.45, 7) is 10.1. The molecule has 122 valence electrons. The maximum atomic E-state index is 12.4. The number of carbonyl (C=O) groups excluding carboxylic acids is 1. The number of likely N-dealkylation sites (N-methyl/N-ethyl adjacent to an activating group) is 1. The largest absolute Gasteiger partial charge is 0.351 e. The normalized spacial score (nSPS) is 10.8. The minimum Gasteiger partial charge on any atom is -0.351 e. The maximum Gasteiger partial charge on any atom is 0.259 e. The van der Waals surface area contributed by atoms with E-state index in [1.807, 2.05) is 27.7 Å². The molecule has 0 aliphatic rings. The average Bonchev–Trinajstić information content (AvgIpc) is 2.86. The molecule has 0 bridgehead atoms. The van der Waals surface area contributed by atoms with Crippen LogP contribution in [0.15, 0.2) is 10.6 Å². The van der Waals surface area contributed by atoms with Gasteiger partial charge in [0.25, 0.3) is 11.6 Å². The predicted molar refractivity (Wildman–Crippen MR) is 88.8 cm³/mol. The molecule has 2 aromatic rings. The van der Waals surface area contributed by atoms with Gasteiger partial charge in [-0.2, -0.15) is 0 Å². The molecule has 0 unspecified atom stereocenters. The third-order valence-corrected chi connectivity index (χ3v) is 3.23. The highest BCUT2D eigenvalue weighted by Gasteiger charge is 2.21. The number of aromatic nitrogens is 2. The number of hydrogen-bond acceptors (Lipinski definition) is 5. The molecule has 0 radical (unpaired) electrons. The molecule has 0 atom stereocenters. The lowest BCUT2D eigenvalue weighted by atomic mass is 10.0. The summed E-state index contributed by atoms with van der Waals surface area (Å²) in [6.07, 6.45) is 0. The van der Waals surface area contributed by atoms with Crippen molar-refractivity contribution in [2.75, 3.05) is 19.6 Å². The highest BCUT2D eigenvalue weighted by molar-refractivity contribution is 6.06. The molecule has 0 spiro atoms. The fourth-order valence-electron chi connectivity index (χ4n) is 2.21. The highest BCUT2D eigenvalue weighted by Crippen LogP contribution is 2.27. The van der Waals surface area contributed by atoms with E-state index >= 15 is 0 Å². The number of halogens is 1. The summed E-state index contributed by atoms with van der Waals surface area (Å²) in [7, 11) is 0. The first kappa shape index (κ1) is 18.4. The van der Waals surface area contributed by atoms with Gasteiger partial charge < -0.3 is 15.2 Å². The zero-order valence-corrected chi connectivity index (χ0v) is 14.2. The number of amides is 1. The van der Waals surface area contributed by atoms with Crippen LogP contribution < -0.4 is 10.6 Å². The van der Waals surface area contributed by atoms with E-state index in [9.17, 15) is 4.79 Å². The summed E-state index contributed by atoms with van der Waals surface area (Å²) in [5.41, 5.74) is 2.52. The van der Waals surface area contributed by atoms with Gasteiger partial charge in [0, 0.05) is 18.8 Å². The first-order chi connectivity index (χ1) is 10.0. The molecular weight excluding hydrogens is 304 g/mol. The summed E-state index contributed by atoms with van der Waals surface area (Å²) in [6, 6.07) is 1.79. The second-order valence-electron chi connectivity index (χ2n) is 5.32. The van der Waals surface area contributed by atoms with Gasteiger partial charge >= 0.3 is 0 Å². The Morgan fingerprint density at radius 1 is 1.36 bits per heavy atom. The Balaban J connectivity index is 0.00000242. The summed E-state index contributed by atoms with van der Waals surface area (Å²) in [5.74, 6) is 0.0533. The van der Waals surface area contributed by atoms with Crippen molar-refractivity contribution < 1.29 is 9.32 Å². The molecule has 2 rings (SSSR count). The van der Waals surface area contributed by atoms with Gasteiger partial charge in [-0.3, -0.25) is 4.79 Å². The standard InChI is InChI=1S/C15H22N4O2.ClH/c1-5-16-6-7-17-14(20)11-8-10(4)18-15-12(11)13(9(2)3)19-21-15;/h8-9,16H,5-7H2,1-4H3,(H,17,20);1H. The predicted octanol–water partition coefficient (Wildman–Crippen LogP) is 2.42. The molecule has 0 fully saturated rings. The Kier molecular flexibility index (Phi) is 6.77. The summed E-state index contributed by atoms with van der Waals surface area (Å²) in [5, 5.41) is 10.9. The number of nitrogens with zero attached hydrogens (tertiary/aromatic N) is 2.